The molecule has 0 atom stereocenters. The summed E-state index contributed by atoms with van der Waals surface area (Å²) in [5.74, 6) is 0.505. The highest BCUT2D eigenvalue weighted by Crippen LogP contribution is 2.28. The Morgan fingerprint density at radius 2 is 1.88 bits per heavy atom. The van der Waals surface area contributed by atoms with Crippen molar-refractivity contribution in [3.63, 3.8) is 0 Å². The number of anilines is 2. The fourth-order valence-corrected chi connectivity index (χ4v) is 2.75. The second-order valence-electron chi connectivity index (χ2n) is 6.12. The highest BCUT2D eigenvalue weighted by atomic mass is 16.5. The van der Waals surface area contributed by atoms with Gasteiger partial charge in [0.2, 0.25) is 5.52 Å². The first-order chi connectivity index (χ1) is 12.6. The molecule has 0 unspecified atom stereocenters. The van der Waals surface area contributed by atoms with Crippen LogP contribution in [-0.4, -0.2) is 19.7 Å². The highest BCUT2D eigenvalue weighted by Gasteiger charge is 2.12. The molecule has 5 nitrogen and oxygen atoms in total. The number of methoxy groups -OCH3 is 1. The number of pyridine rings is 1. The van der Waals surface area contributed by atoms with E-state index < -0.39 is 0 Å². The third-order valence-corrected chi connectivity index (χ3v) is 4.05. The topological polar surface area (TPSA) is 61.7 Å². The van der Waals surface area contributed by atoms with Crippen LogP contribution >= 0.6 is 0 Å². The number of ether oxygens (including phenoxy) is 2. The second-order valence-corrected chi connectivity index (χ2v) is 6.12. The van der Waals surface area contributed by atoms with E-state index in [0.717, 1.165) is 40.1 Å². The van der Waals surface area contributed by atoms with Crippen LogP contribution in [0, 0.1) is 6.92 Å². The number of aromatic nitrogens is 1. The van der Waals surface area contributed by atoms with Crippen molar-refractivity contribution < 1.29 is 19.3 Å². The van der Waals surface area contributed by atoms with Crippen molar-refractivity contribution in [2.45, 2.75) is 20.3 Å². The van der Waals surface area contributed by atoms with Gasteiger partial charge in [0, 0.05) is 24.7 Å². The summed E-state index contributed by atoms with van der Waals surface area (Å²) < 4.78 is 10.5. The van der Waals surface area contributed by atoms with Crippen molar-refractivity contribution in [1.82, 2.24) is 0 Å². The summed E-state index contributed by atoms with van der Waals surface area (Å²) in [6, 6.07) is 15.3. The smallest absolute Gasteiger partial charge is 0.338 e. The van der Waals surface area contributed by atoms with Gasteiger partial charge in [-0.1, -0.05) is 6.92 Å². The van der Waals surface area contributed by atoms with Gasteiger partial charge in [-0.05, 0) is 42.8 Å². The van der Waals surface area contributed by atoms with E-state index in [-0.39, 0.29) is 5.97 Å². The Morgan fingerprint density at radius 3 is 2.58 bits per heavy atom. The fraction of sp³-hybridized carbons (Fsp3) is 0.238. The van der Waals surface area contributed by atoms with E-state index >= 15 is 0 Å². The summed E-state index contributed by atoms with van der Waals surface area (Å²) in [6.07, 6.45) is 0.812. The van der Waals surface area contributed by atoms with Crippen LogP contribution < -0.4 is 15.0 Å². The van der Waals surface area contributed by atoms with Crippen LogP contribution in [0.2, 0.25) is 0 Å². The zero-order valence-electron chi connectivity index (χ0n) is 15.3. The maximum Gasteiger partial charge on any atom is 0.338 e. The lowest BCUT2D eigenvalue weighted by molar-refractivity contribution is -0.354. The zero-order chi connectivity index (χ0) is 18.5. The number of aromatic amines is 1. The number of H-pyrrole nitrogens is 1. The van der Waals surface area contributed by atoms with Crippen LogP contribution in [-0.2, 0) is 4.74 Å². The van der Waals surface area contributed by atoms with Gasteiger partial charge < -0.3 is 14.8 Å². The molecule has 3 rings (SSSR count). The molecule has 5 heteroatoms. The number of carbonyl (C=O) groups is 1. The molecule has 26 heavy (non-hydrogen) atoms. The molecule has 2 N–H and O–H groups in total. The molecule has 0 aliphatic carbocycles. The summed E-state index contributed by atoms with van der Waals surface area (Å²) in [7, 11) is 1.66. The number of nitrogens with one attached hydrogen (secondary N) is 2. The molecule has 0 spiro atoms. The van der Waals surface area contributed by atoms with E-state index in [1.807, 2.05) is 50.2 Å². The SMILES string of the molecule is CCCOC(=O)c1ccc(Nc2cc(C)[nH+]c3ccc(OC)cc23)cc1. The molecular weight excluding hydrogens is 328 g/mol. The number of hydrogen-bond donors (Lipinski definition) is 1. The standard InChI is InChI=1S/C21H22N2O3/c1-4-11-26-21(24)15-5-7-16(8-6-15)23-20-12-14(2)22-19-10-9-17(25-3)13-18(19)20/h5-10,12-13H,4,11H2,1-3H3,(H,22,23)/p+1. The molecule has 0 saturated heterocycles. The predicted octanol–water partition coefficient (Wildman–Crippen LogP) is 4.28. The minimum absolute atomic E-state index is 0.293. The van der Waals surface area contributed by atoms with E-state index in [2.05, 4.69) is 10.3 Å². The maximum absolute atomic E-state index is 11.9. The van der Waals surface area contributed by atoms with E-state index in [0.29, 0.717) is 12.2 Å². The van der Waals surface area contributed by atoms with E-state index in [1.165, 1.54) is 0 Å². The van der Waals surface area contributed by atoms with Crippen LogP contribution in [0.1, 0.15) is 29.4 Å². The molecule has 3 aromatic rings. The maximum atomic E-state index is 11.9. The summed E-state index contributed by atoms with van der Waals surface area (Å²) in [5, 5.41) is 4.45. The van der Waals surface area contributed by atoms with Crippen molar-refractivity contribution in [1.29, 1.82) is 0 Å². The molecule has 0 bridgehead atoms. The van der Waals surface area contributed by atoms with Gasteiger partial charge in [-0.3, -0.25) is 0 Å². The number of esters is 1. The fourth-order valence-electron chi connectivity index (χ4n) is 2.75. The molecule has 1 aromatic heterocycles. The van der Waals surface area contributed by atoms with Crippen molar-refractivity contribution >= 4 is 28.2 Å². The van der Waals surface area contributed by atoms with Gasteiger partial charge in [0.1, 0.15) is 5.75 Å². The Balaban J connectivity index is 1.87. The minimum Gasteiger partial charge on any atom is -0.497 e. The number of hydrogen-bond acceptors (Lipinski definition) is 4. The van der Waals surface area contributed by atoms with Gasteiger partial charge >= 0.3 is 5.97 Å². The molecule has 0 aliphatic rings. The first-order valence-electron chi connectivity index (χ1n) is 8.65. The monoisotopic (exact) mass is 351 g/mol. The third-order valence-electron chi connectivity index (χ3n) is 4.05. The quantitative estimate of drug-likeness (QED) is 0.673. The largest absolute Gasteiger partial charge is 0.497 e. The number of fused-ring (bicyclic) bond motifs is 1. The molecule has 0 fully saturated rings. The van der Waals surface area contributed by atoms with Gasteiger partial charge in [-0.15, -0.1) is 0 Å². The van der Waals surface area contributed by atoms with Gasteiger partial charge in [0.15, 0.2) is 5.69 Å². The summed E-state index contributed by atoms with van der Waals surface area (Å²) in [5.41, 5.74) is 4.48. The van der Waals surface area contributed by atoms with E-state index in [9.17, 15) is 4.79 Å². The first-order valence-corrected chi connectivity index (χ1v) is 8.65. The van der Waals surface area contributed by atoms with Crippen LogP contribution in [0.25, 0.3) is 10.9 Å². The van der Waals surface area contributed by atoms with Crippen LogP contribution in [0.5, 0.6) is 5.75 Å². The molecule has 134 valence electrons. The molecule has 1 heterocycles. The number of rotatable bonds is 6. The molecule has 0 radical (unpaired) electrons. The van der Waals surface area contributed by atoms with Gasteiger partial charge in [0.25, 0.3) is 0 Å². The van der Waals surface area contributed by atoms with E-state index in [1.54, 1.807) is 19.2 Å². The van der Waals surface area contributed by atoms with Crippen molar-refractivity contribution in [2.24, 2.45) is 0 Å². The Labute approximate surface area is 153 Å². The summed E-state index contributed by atoms with van der Waals surface area (Å²) in [4.78, 5) is 15.3. The molecular formula is C21H23N2O3+. The Morgan fingerprint density at radius 1 is 1.12 bits per heavy atom. The summed E-state index contributed by atoms with van der Waals surface area (Å²) >= 11 is 0. The Hall–Kier alpha value is -3.08. The van der Waals surface area contributed by atoms with Crippen LogP contribution in [0.3, 0.4) is 0 Å². The first kappa shape index (κ1) is 17.7. The van der Waals surface area contributed by atoms with Crippen LogP contribution in [0.4, 0.5) is 11.4 Å². The van der Waals surface area contributed by atoms with Crippen molar-refractivity contribution in [3.05, 3.63) is 59.8 Å². The van der Waals surface area contributed by atoms with Crippen molar-refractivity contribution in [3.8, 4) is 5.75 Å². The predicted molar refractivity (Wildman–Crippen MR) is 102 cm³/mol. The lowest BCUT2D eigenvalue weighted by atomic mass is 10.1. The second kappa shape index (κ2) is 7.87. The van der Waals surface area contributed by atoms with Gasteiger partial charge in [0.05, 0.1) is 30.4 Å². The minimum atomic E-state index is -0.293. The number of benzene rings is 2. The molecule has 2 aromatic carbocycles. The Bertz CT molecular complexity index is 920. The van der Waals surface area contributed by atoms with Crippen LogP contribution in [0.15, 0.2) is 48.5 Å². The highest BCUT2D eigenvalue weighted by molar-refractivity contribution is 5.93. The lowest BCUT2D eigenvalue weighted by Gasteiger charge is -2.10. The third kappa shape index (κ3) is 3.94. The van der Waals surface area contributed by atoms with E-state index in [4.69, 9.17) is 9.47 Å². The van der Waals surface area contributed by atoms with Gasteiger partial charge in [-0.2, -0.15) is 0 Å². The zero-order valence-corrected chi connectivity index (χ0v) is 15.3. The Kier molecular flexibility index (Phi) is 5.37. The number of aryl methyl sites for hydroxylation is 1. The van der Waals surface area contributed by atoms with Crippen molar-refractivity contribution in [2.75, 3.05) is 19.0 Å². The lowest BCUT2D eigenvalue weighted by Crippen LogP contribution is -2.10. The normalized spacial score (nSPS) is 10.6. The molecule has 0 saturated carbocycles. The average molecular weight is 351 g/mol. The molecule has 0 amide bonds. The molecule has 0 aliphatic heterocycles. The average Bonchev–Trinajstić information content (AvgIpc) is 2.66. The summed E-state index contributed by atoms with van der Waals surface area (Å²) in [6.45, 7) is 4.42. The van der Waals surface area contributed by atoms with Gasteiger partial charge in [-0.25, -0.2) is 9.78 Å². The number of carbonyl (C=O) groups excluding carboxylic acids is 1.